The molecular weight excluding hydrogens is 286 g/mol. The molecule has 2 aromatic heterocycles. The highest BCUT2D eigenvalue weighted by Gasteiger charge is 2.37. The van der Waals surface area contributed by atoms with E-state index in [9.17, 15) is 4.79 Å². The van der Waals surface area contributed by atoms with E-state index in [1.54, 1.807) is 12.3 Å². The van der Waals surface area contributed by atoms with E-state index in [0.29, 0.717) is 25.5 Å². The molecule has 4 rings (SSSR count). The Morgan fingerprint density at radius 1 is 1.50 bits per heavy atom. The van der Waals surface area contributed by atoms with Crippen molar-refractivity contribution in [2.75, 3.05) is 13.1 Å². The second kappa shape index (κ2) is 5.20. The molecule has 0 radical (unpaired) electrons. The van der Waals surface area contributed by atoms with Crippen molar-refractivity contribution >= 4 is 5.91 Å². The van der Waals surface area contributed by atoms with E-state index in [1.807, 2.05) is 16.5 Å². The SMILES string of the molecule is Cc1cc(CC(=O)N2CC[C@H]3[C@H](C2)OCc2cnnn23)on1. The third-order valence-electron chi connectivity index (χ3n) is 4.29. The first kappa shape index (κ1) is 13.4. The molecule has 0 unspecified atom stereocenters. The lowest BCUT2D eigenvalue weighted by Crippen LogP contribution is -2.50. The van der Waals surface area contributed by atoms with Crippen LogP contribution in [0.25, 0.3) is 0 Å². The van der Waals surface area contributed by atoms with E-state index < -0.39 is 0 Å². The number of piperidine rings is 1. The second-order valence-corrected chi connectivity index (χ2v) is 5.83. The maximum Gasteiger partial charge on any atom is 0.230 e. The lowest BCUT2D eigenvalue weighted by atomic mass is 10.00. The Morgan fingerprint density at radius 2 is 2.41 bits per heavy atom. The van der Waals surface area contributed by atoms with Crippen LogP contribution < -0.4 is 0 Å². The molecule has 22 heavy (non-hydrogen) atoms. The summed E-state index contributed by atoms with van der Waals surface area (Å²) in [5.41, 5.74) is 1.79. The number of aryl methyl sites for hydroxylation is 1. The largest absolute Gasteiger partial charge is 0.368 e. The molecule has 2 aliphatic heterocycles. The molecule has 8 heteroatoms. The fraction of sp³-hybridized carbons (Fsp3) is 0.571. The lowest BCUT2D eigenvalue weighted by Gasteiger charge is -2.40. The van der Waals surface area contributed by atoms with Crippen molar-refractivity contribution in [3.63, 3.8) is 0 Å². The van der Waals surface area contributed by atoms with Crippen molar-refractivity contribution in [1.82, 2.24) is 25.1 Å². The van der Waals surface area contributed by atoms with Crippen LogP contribution in [0.5, 0.6) is 0 Å². The van der Waals surface area contributed by atoms with Crippen LogP contribution >= 0.6 is 0 Å². The summed E-state index contributed by atoms with van der Waals surface area (Å²) >= 11 is 0. The van der Waals surface area contributed by atoms with E-state index in [2.05, 4.69) is 15.5 Å². The van der Waals surface area contributed by atoms with E-state index >= 15 is 0 Å². The van der Waals surface area contributed by atoms with Gasteiger partial charge in [-0.3, -0.25) is 4.79 Å². The number of likely N-dealkylation sites (tertiary alicyclic amines) is 1. The molecule has 1 amide bonds. The summed E-state index contributed by atoms with van der Waals surface area (Å²) in [6.07, 6.45) is 2.78. The minimum atomic E-state index is -0.0247. The predicted molar refractivity (Wildman–Crippen MR) is 73.8 cm³/mol. The Hall–Kier alpha value is -2.22. The molecule has 0 bridgehead atoms. The van der Waals surface area contributed by atoms with Crippen molar-refractivity contribution in [3.8, 4) is 0 Å². The van der Waals surface area contributed by atoms with Crippen molar-refractivity contribution < 1.29 is 14.1 Å². The molecule has 0 spiro atoms. The molecule has 8 nitrogen and oxygen atoms in total. The fourth-order valence-corrected chi connectivity index (χ4v) is 3.17. The van der Waals surface area contributed by atoms with Gasteiger partial charge in [0.2, 0.25) is 5.91 Å². The van der Waals surface area contributed by atoms with Crippen molar-refractivity contribution in [2.45, 2.75) is 38.5 Å². The van der Waals surface area contributed by atoms with Gasteiger partial charge in [-0.1, -0.05) is 10.4 Å². The first-order valence-electron chi connectivity index (χ1n) is 7.41. The molecule has 2 atom stereocenters. The molecule has 1 fully saturated rings. The van der Waals surface area contributed by atoms with E-state index in [-0.39, 0.29) is 24.5 Å². The number of nitrogens with zero attached hydrogens (tertiary/aromatic N) is 5. The summed E-state index contributed by atoms with van der Waals surface area (Å²) in [6, 6.07) is 1.96. The number of hydrogen-bond donors (Lipinski definition) is 0. The van der Waals surface area contributed by atoms with Gasteiger partial charge >= 0.3 is 0 Å². The van der Waals surface area contributed by atoms with Crippen LogP contribution in [0.3, 0.4) is 0 Å². The Balaban J connectivity index is 1.43. The van der Waals surface area contributed by atoms with Crippen molar-refractivity contribution in [1.29, 1.82) is 0 Å². The minimum absolute atomic E-state index is 0.0247. The van der Waals surface area contributed by atoms with Gasteiger partial charge in [-0.25, -0.2) is 4.68 Å². The fourth-order valence-electron chi connectivity index (χ4n) is 3.17. The normalized spacial score (nSPS) is 24.0. The molecule has 116 valence electrons. The molecule has 2 aliphatic rings. The molecule has 2 aromatic rings. The van der Waals surface area contributed by atoms with E-state index in [0.717, 1.165) is 17.8 Å². The summed E-state index contributed by atoms with van der Waals surface area (Å²) in [5, 5.41) is 11.9. The van der Waals surface area contributed by atoms with Gasteiger partial charge in [-0.15, -0.1) is 5.10 Å². The number of aromatic nitrogens is 4. The number of ether oxygens (including phenoxy) is 1. The van der Waals surface area contributed by atoms with E-state index in [1.165, 1.54) is 0 Å². The van der Waals surface area contributed by atoms with Gasteiger partial charge in [0.05, 0.1) is 42.8 Å². The zero-order chi connectivity index (χ0) is 15.1. The summed E-state index contributed by atoms with van der Waals surface area (Å²) in [4.78, 5) is 14.2. The zero-order valence-electron chi connectivity index (χ0n) is 12.3. The first-order chi connectivity index (χ1) is 10.7. The predicted octanol–water partition coefficient (Wildman–Crippen LogP) is 0.489. The maximum absolute atomic E-state index is 12.4. The number of rotatable bonds is 2. The van der Waals surface area contributed by atoms with Crippen LogP contribution in [-0.2, 0) is 22.6 Å². The van der Waals surface area contributed by atoms with Crippen LogP contribution in [0.4, 0.5) is 0 Å². The Bertz CT molecular complexity index is 694. The number of hydrogen-bond acceptors (Lipinski definition) is 6. The van der Waals surface area contributed by atoms with Gasteiger partial charge in [0.1, 0.15) is 5.76 Å². The third kappa shape index (κ3) is 2.29. The molecule has 0 aliphatic carbocycles. The Labute approximate surface area is 127 Å². The van der Waals surface area contributed by atoms with Crippen molar-refractivity contribution in [3.05, 3.63) is 29.4 Å². The summed E-state index contributed by atoms with van der Waals surface area (Å²) in [5.74, 6) is 0.648. The Kier molecular flexibility index (Phi) is 3.18. The smallest absolute Gasteiger partial charge is 0.230 e. The van der Waals surface area contributed by atoms with Crippen LogP contribution in [0.15, 0.2) is 16.8 Å². The zero-order valence-corrected chi connectivity index (χ0v) is 12.3. The van der Waals surface area contributed by atoms with Gasteiger partial charge in [0.15, 0.2) is 0 Å². The van der Waals surface area contributed by atoms with Crippen LogP contribution in [0.1, 0.15) is 29.6 Å². The standard InChI is InChI=1S/C14H17N5O3/c1-9-4-11(22-16-9)5-14(20)18-3-2-12-13(7-18)21-8-10-6-15-17-19(10)12/h4,6,12-13H,2-3,5,7-8H2,1H3/t12-,13-/m0/s1. The molecule has 1 saturated heterocycles. The molecule has 0 aromatic carbocycles. The quantitative estimate of drug-likeness (QED) is 0.802. The van der Waals surface area contributed by atoms with Gasteiger partial charge in [0, 0.05) is 19.2 Å². The molecule has 4 heterocycles. The number of carbonyl (C=O) groups is 1. The number of amides is 1. The summed E-state index contributed by atoms with van der Waals surface area (Å²) in [7, 11) is 0. The first-order valence-corrected chi connectivity index (χ1v) is 7.41. The van der Waals surface area contributed by atoms with Crippen LogP contribution in [0, 0.1) is 6.92 Å². The highest BCUT2D eigenvalue weighted by molar-refractivity contribution is 5.78. The summed E-state index contributed by atoms with van der Waals surface area (Å²) in [6.45, 7) is 3.61. The maximum atomic E-state index is 12.4. The van der Waals surface area contributed by atoms with Crippen molar-refractivity contribution in [2.24, 2.45) is 0 Å². The highest BCUT2D eigenvalue weighted by Crippen LogP contribution is 2.30. The van der Waals surface area contributed by atoms with Gasteiger partial charge in [-0.05, 0) is 13.3 Å². The van der Waals surface area contributed by atoms with Gasteiger partial charge in [0.25, 0.3) is 0 Å². The minimum Gasteiger partial charge on any atom is -0.368 e. The molecular formula is C14H17N5O3. The average molecular weight is 303 g/mol. The number of fused-ring (bicyclic) bond motifs is 3. The molecule has 0 saturated carbocycles. The monoisotopic (exact) mass is 303 g/mol. The average Bonchev–Trinajstić information content (AvgIpc) is 3.15. The van der Waals surface area contributed by atoms with E-state index in [4.69, 9.17) is 9.26 Å². The third-order valence-corrected chi connectivity index (χ3v) is 4.29. The van der Waals surface area contributed by atoms with Crippen LogP contribution in [0.2, 0.25) is 0 Å². The second-order valence-electron chi connectivity index (χ2n) is 5.83. The Morgan fingerprint density at radius 3 is 3.23 bits per heavy atom. The molecule has 0 N–H and O–H groups in total. The topological polar surface area (TPSA) is 86.3 Å². The van der Waals surface area contributed by atoms with Crippen LogP contribution in [-0.4, -0.2) is 50.2 Å². The van der Waals surface area contributed by atoms with Gasteiger partial charge < -0.3 is 14.2 Å². The number of carbonyl (C=O) groups excluding carboxylic acids is 1. The highest BCUT2D eigenvalue weighted by atomic mass is 16.5. The summed E-state index contributed by atoms with van der Waals surface area (Å²) < 4.78 is 12.9. The van der Waals surface area contributed by atoms with Gasteiger partial charge in [-0.2, -0.15) is 0 Å². The lowest BCUT2D eigenvalue weighted by molar-refractivity contribution is -0.139.